The molecule has 0 bridgehead atoms. The van der Waals surface area contributed by atoms with Crippen LogP contribution in [0.25, 0.3) is 11.5 Å². The molecular weight excluding hydrogens is 488 g/mol. The van der Waals surface area contributed by atoms with Gasteiger partial charge in [-0.1, -0.05) is 17.3 Å². The van der Waals surface area contributed by atoms with E-state index >= 15 is 0 Å². The summed E-state index contributed by atoms with van der Waals surface area (Å²) in [5.41, 5.74) is 0.677. The minimum atomic E-state index is -3.78. The number of methoxy groups -OCH3 is 3. The minimum absolute atomic E-state index is 0.0326. The van der Waals surface area contributed by atoms with Crippen molar-refractivity contribution in [2.24, 2.45) is 0 Å². The van der Waals surface area contributed by atoms with Crippen LogP contribution < -0.4 is 19.5 Å². The van der Waals surface area contributed by atoms with Crippen LogP contribution in [0.15, 0.2) is 71.0 Å². The zero-order valence-corrected chi connectivity index (χ0v) is 20.9. The smallest absolute Gasteiger partial charge is 0.322 e. The fourth-order valence-electron chi connectivity index (χ4n) is 3.25. The number of sulfonamides is 1. The number of nitrogens with zero attached hydrogens (tertiary/aromatic N) is 3. The summed E-state index contributed by atoms with van der Waals surface area (Å²) in [5, 5.41) is 10.3. The Morgan fingerprint density at radius 2 is 1.58 bits per heavy atom. The second-order valence-corrected chi connectivity index (χ2v) is 9.14. The first-order valence-electron chi connectivity index (χ1n) is 10.6. The van der Waals surface area contributed by atoms with Crippen molar-refractivity contribution < 1.29 is 31.8 Å². The quantitative estimate of drug-likeness (QED) is 0.361. The molecule has 12 heteroatoms. The molecule has 190 valence electrons. The molecule has 3 aromatic rings. The van der Waals surface area contributed by atoms with E-state index in [4.69, 9.17) is 18.6 Å². The monoisotopic (exact) mass is 514 g/mol. The van der Waals surface area contributed by atoms with E-state index in [1.165, 1.54) is 62.1 Å². The van der Waals surface area contributed by atoms with Gasteiger partial charge in [0.2, 0.25) is 21.7 Å². The number of anilines is 1. The first-order chi connectivity index (χ1) is 17.3. The third-order valence-electron chi connectivity index (χ3n) is 4.98. The topological polar surface area (TPSA) is 133 Å². The van der Waals surface area contributed by atoms with Crippen LogP contribution in [-0.2, 0) is 10.0 Å². The van der Waals surface area contributed by atoms with Gasteiger partial charge in [0.05, 0.1) is 26.2 Å². The summed E-state index contributed by atoms with van der Waals surface area (Å²) in [6, 6.07) is 8.57. The third-order valence-corrected chi connectivity index (χ3v) is 6.82. The molecule has 0 unspecified atom stereocenters. The third kappa shape index (κ3) is 5.56. The molecule has 1 N–H and O–H groups in total. The van der Waals surface area contributed by atoms with Gasteiger partial charge in [0.25, 0.3) is 5.91 Å². The number of amides is 1. The van der Waals surface area contributed by atoms with Crippen LogP contribution in [0.1, 0.15) is 10.4 Å². The van der Waals surface area contributed by atoms with E-state index in [1.807, 2.05) is 0 Å². The predicted molar refractivity (Wildman–Crippen MR) is 133 cm³/mol. The van der Waals surface area contributed by atoms with Gasteiger partial charge in [-0.3, -0.25) is 10.1 Å². The van der Waals surface area contributed by atoms with Gasteiger partial charge in [-0.05, 0) is 36.4 Å². The molecule has 0 atom stereocenters. The number of nitrogens with one attached hydrogen (secondary N) is 1. The molecule has 1 aromatic heterocycles. The molecule has 0 radical (unpaired) electrons. The summed E-state index contributed by atoms with van der Waals surface area (Å²) in [6.07, 6.45) is 2.97. The van der Waals surface area contributed by atoms with Crippen LogP contribution in [0.4, 0.5) is 6.01 Å². The van der Waals surface area contributed by atoms with Crippen LogP contribution in [0.5, 0.6) is 17.2 Å². The second-order valence-electron chi connectivity index (χ2n) is 7.20. The molecule has 11 nitrogen and oxygen atoms in total. The normalized spacial score (nSPS) is 11.1. The summed E-state index contributed by atoms with van der Waals surface area (Å²) in [7, 11) is 0.665. The van der Waals surface area contributed by atoms with Crippen molar-refractivity contribution in [2.45, 2.75) is 4.90 Å². The lowest BCUT2D eigenvalue weighted by atomic mass is 10.2. The fourth-order valence-corrected chi connectivity index (χ4v) is 4.63. The Balaban J connectivity index is 1.78. The van der Waals surface area contributed by atoms with E-state index in [0.29, 0.717) is 22.8 Å². The molecule has 0 fully saturated rings. The predicted octanol–water partition coefficient (Wildman–Crippen LogP) is 3.38. The first kappa shape index (κ1) is 26.4. The van der Waals surface area contributed by atoms with Crippen molar-refractivity contribution in [3.05, 3.63) is 67.3 Å². The Hall–Kier alpha value is -4.16. The SMILES string of the molecule is C=CCN(CC=C)S(=O)(=O)c1ccc(C(=O)Nc2nnc(-c3cc(OC)c(OC)c(OC)c3)o2)cc1. The maximum Gasteiger partial charge on any atom is 0.322 e. The van der Waals surface area contributed by atoms with Gasteiger partial charge in [0, 0.05) is 24.2 Å². The molecular formula is C24H26N4O7S. The van der Waals surface area contributed by atoms with Crippen LogP contribution in [0, 0.1) is 0 Å². The van der Waals surface area contributed by atoms with Crippen LogP contribution in [0.2, 0.25) is 0 Å². The zero-order valence-electron chi connectivity index (χ0n) is 20.1. The average molecular weight is 515 g/mol. The van der Waals surface area contributed by atoms with Crippen molar-refractivity contribution in [1.82, 2.24) is 14.5 Å². The van der Waals surface area contributed by atoms with Crippen LogP contribution in [-0.4, -0.2) is 63.2 Å². The molecule has 0 aliphatic carbocycles. The van der Waals surface area contributed by atoms with E-state index in [0.717, 1.165) is 0 Å². The van der Waals surface area contributed by atoms with Crippen molar-refractivity contribution in [3.63, 3.8) is 0 Å². The van der Waals surface area contributed by atoms with E-state index < -0.39 is 15.9 Å². The highest BCUT2D eigenvalue weighted by molar-refractivity contribution is 7.89. The summed E-state index contributed by atoms with van der Waals surface area (Å²) in [4.78, 5) is 12.7. The molecule has 0 saturated carbocycles. The van der Waals surface area contributed by atoms with Gasteiger partial charge < -0.3 is 18.6 Å². The van der Waals surface area contributed by atoms with E-state index in [-0.39, 0.29) is 35.5 Å². The van der Waals surface area contributed by atoms with Crippen LogP contribution >= 0.6 is 0 Å². The summed E-state index contributed by atoms with van der Waals surface area (Å²) in [5.74, 6) is 0.735. The zero-order chi connectivity index (χ0) is 26.3. The van der Waals surface area contributed by atoms with Gasteiger partial charge in [0.1, 0.15) is 0 Å². The number of rotatable bonds is 12. The lowest BCUT2D eigenvalue weighted by molar-refractivity contribution is 0.102. The van der Waals surface area contributed by atoms with Gasteiger partial charge in [0.15, 0.2) is 11.5 Å². The van der Waals surface area contributed by atoms with Gasteiger partial charge >= 0.3 is 6.01 Å². The second kappa shape index (κ2) is 11.5. The maximum absolute atomic E-state index is 12.8. The summed E-state index contributed by atoms with van der Waals surface area (Å²) in [6.45, 7) is 7.42. The molecule has 1 amide bonds. The first-order valence-corrected chi connectivity index (χ1v) is 12.0. The number of hydrogen-bond donors (Lipinski definition) is 1. The van der Waals surface area contributed by atoms with Crippen molar-refractivity contribution in [2.75, 3.05) is 39.7 Å². The highest BCUT2D eigenvalue weighted by atomic mass is 32.2. The van der Waals surface area contributed by atoms with E-state index in [9.17, 15) is 13.2 Å². The van der Waals surface area contributed by atoms with Gasteiger partial charge in [-0.25, -0.2) is 8.42 Å². The highest BCUT2D eigenvalue weighted by Gasteiger charge is 2.23. The number of aromatic nitrogens is 2. The number of benzene rings is 2. The van der Waals surface area contributed by atoms with Crippen molar-refractivity contribution in [1.29, 1.82) is 0 Å². The molecule has 3 rings (SSSR count). The Morgan fingerprint density at radius 3 is 2.08 bits per heavy atom. The Labute approximate surface area is 209 Å². The van der Waals surface area contributed by atoms with Gasteiger partial charge in [-0.15, -0.1) is 18.3 Å². The minimum Gasteiger partial charge on any atom is -0.493 e. The summed E-state index contributed by atoms with van der Waals surface area (Å²) >= 11 is 0. The van der Waals surface area contributed by atoms with Crippen LogP contribution in [0.3, 0.4) is 0 Å². The molecule has 1 heterocycles. The average Bonchev–Trinajstić information content (AvgIpc) is 3.36. The fraction of sp³-hybridized carbons (Fsp3) is 0.208. The van der Waals surface area contributed by atoms with Crippen molar-refractivity contribution in [3.8, 4) is 28.7 Å². The number of ether oxygens (including phenoxy) is 3. The Morgan fingerprint density at radius 1 is 1.00 bits per heavy atom. The molecule has 0 saturated heterocycles. The van der Waals surface area contributed by atoms with E-state index in [2.05, 4.69) is 28.7 Å². The highest BCUT2D eigenvalue weighted by Crippen LogP contribution is 2.41. The Kier molecular flexibility index (Phi) is 8.46. The number of carbonyl (C=O) groups excluding carboxylic acids is 1. The Bertz CT molecular complexity index is 1320. The molecule has 0 aliphatic rings. The van der Waals surface area contributed by atoms with Gasteiger partial charge in [-0.2, -0.15) is 4.31 Å². The molecule has 0 spiro atoms. The lowest BCUT2D eigenvalue weighted by Gasteiger charge is -2.19. The molecule has 0 aliphatic heterocycles. The largest absolute Gasteiger partial charge is 0.493 e. The number of carbonyl (C=O) groups is 1. The molecule has 2 aromatic carbocycles. The lowest BCUT2D eigenvalue weighted by Crippen LogP contribution is -2.31. The summed E-state index contributed by atoms with van der Waals surface area (Å²) < 4.78 is 48.4. The van der Waals surface area contributed by atoms with E-state index in [1.54, 1.807) is 12.1 Å². The number of hydrogen-bond acceptors (Lipinski definition) is 9. The van der Waals surface area contributed by atoms with Crippen molar-refractivity contribution >= 4 is 21.9 Å². The maximum atomic E-state index is 12.8. The standard InChI is InChI=1S/C24H26N4O7S/c1-6-12-28(13-7-2)36(30,31)18-10-8-16(9-11-18)22(29)25-24-27-26-23(35-24)17-14-19(32-3)21(34-5)20(15-17)33-4/h6-11,14-15H,1-2,12-13H2,3-5H3,(H,25,27,29). The molecule has 36 heavy (non-hydrogen) atoms.